The van der Waals surface area contributed by atoms with Crippen molar-refractivity contribution in [3.63, 3.8) is 0 Å². The zero-order chi connectivity index (χ0) is 10.2. The molecule has 2 N–H and O–H groups in total. The molecule has 0 radical (unpaired) electrons. The lowest BCUT2D eigenvalue weighted by Crippen LogP contribution is -2.27. The summed E-state index contributed by atoms with van der Waals surface area (Å²) in [5.74, 6) is 2.34. The van der Waals surface area contributed by atoms with E-state index in [4.69, 9.17) is 5.73 Å². The first kappa shape index (κ1) is 12.0. The van der Waals surface area contributed by atoms with Gasteiger partial charge in [0.05, 0.1) is 0 Å². The zero-order valence-corrected chi connectivity index (χ0v) is 10.2. The van der Waals surface area contributed by atoms with Crippen LogP contribution in [-0.2, 0) is 5.75 Å². The summed E-state index contributed by atoms with van der Waals surface area (Å²) in [5.41, 5.74) is 5.46. The minimum atomic E-state index is 0.756. The van der Waals surface area contributed by atoms with Gasteiger partial charge in [-0.05, 0) is 18.5 Å². The highest BCUT2D eigenvalue weighted by Gasteiger charge is 1.97. The molecule has 0 bridgehead atoms. The molecule has 0 saturated carbocycles. The van der Waals surface area contributed by atoms with Crippen molar-refractivity contribution in [2.75, 3.05) is 32.4 Å². The number of nitrogens with zero attached hydrogens (tertiary/aromatic N) is 1. The molecule has 0 aliphatic carbocycles. The molecule has 1 aromatic rings. The first-order valence-electron chi connectivity index (χ1n) is 4.81. The van der Waals surface area contributed by atoms with Crippen molar-refractivity contribution in [3.05, 3.63) is 22.4 Å². The molecule has 0 aromatic carbocycles. The van der Waals surface area contributed by atoms with Crippen molar-refractivity contribution in [3.8, 4) is 0 Å². The van der Waals surface area contributed by atoms with Crippen LogP contribution in [0.5, 0.6) is 0 Å². The number of hydrogen-bond acceptors (Lipinski definition) is 4. The highest BCUT2D eigenvalue weighted by atomic mass is 32.2. The van der Waals surface area contributed by atoms with Crippen molar-refractivity contribution >= 4 is 23.1 Å². The Hall–Kier alpha value is -0.0300. The third-order valence-electron chi connectivity index (χ3n) is 1.95. The van der Waals surface area contributed by atoms with Gasteiger partial charge in [0.2, 0.25) is 0 Å². The van der Waals surface area contributed by atoms with Gasteiger partial charge in [0.1, 0.15) is 0 Å². The Morgan fingerprint density at radius 1 is 1.50 bits per heavy atom. The Morgan fingerprint density at radius 2 is 2.36 bits per heavy atom. The lowest BCUT2D eigenvalue weighted by Gasteiger charge is -2.14. The van der Waals surface area contributed by atoms with Gasteiger partial charge in [-0.2, -0.15) is 11.8 Å². The molecular formula is C10H18N2S2. The monoisotopic (exact) mass is 230 g/mol. The smallest absolute Gasteiger partial charge is 0.0279 e. The molecule has 0 amide bonds. The summed E-state index contributed by atoms with van der Waals surface area (Å²) in [6.45, 7) is 2.89. The summed E-state index contributed by atoms with van der Waals surface area (Å²) in [4.78, 5) is 3.75. The van der Waals surface area contributed by atoms with Crippen LogP contribution < -0.4 is 5.73 Å². The highest BCUT2D eigenvalue weighted by molar-refractivity contribution is 7.98. The van der Waals surface area contributed by atoms with E-state index in [-0.39, 0.29) is 0 Å². The van der Waals surface area contributed by atoms with Gasteiger partial charge in [-0.25, -0.2) is 0 Å². The van der Waals surface area contributed by atoms with Crippen LogP contribution in [0, 0.1) is 0 Å². The second-order valence-corrected chi connectivity index (χ2v) is 5.36. The molecule has 80 valence electrons. The average Bonchev–Trinajstić information content (AvgIpc) is 2.65. The topological polar surface area (TPSA) is 29.3 Å². The molecule has 0 aliphatic heterocycles. The van der Waals surface area contributed by atoms with Gasteiger partial charge in [-0.3, -0.25) is 0 Å². The highest BCUT2D eigenvalue weighted by Crippen LogP contribution is 2.16. The van der Waals surface area contributed by atoms with Crippen LogP contribution >= 0.6 is 23.1 Å². The molecule has 1 rings (SSSR count). The van der Waals surface area contributed by atoms with Gasteiger partial charge < -0.3 is 10.6 Å². The molecule has 14 heavy (non-hydrogen) atoms. The number of nitrogens with two attached hydrogens (primary N) is 1. The van der Waals surface area contributed by atoms with Crippen LogP contribution in [0.4, 0.5) is 0 Å². The SMILES string of the molecule is CN(CCN)CCSCc1cccs1. The number of likely N-dealkylation sites (N-methyl/N-ethyl adjacent to an activating group) is 1. The van der Waals surface area contributed by atoms with Crippen LogP contribution in [0.15, 0.2) is 17.5 Å². The summed E-state index contributed by atoms with van der Waals surface area (Å²) in [5, 5.41) is 2.14. The quantitative estimate of drug-likeness (QED) is 0.725. The van der Waals surface area contributed by atoms with E-state index in [1.54, 1.807) is 0 Å². The number of thiophene rings is 1. The van der Waals surface area contributed by atoms with Crippen LogP contribution in [0.25, 0.3) is 0 Å². The van der Waals surface area contributed by atoms with Gasteiger partial charge in [0.15, 0.2) is 0 Å². The van der Waals surface area contributed by atoms with Crippen LogP contribution in [-0.4, -0.2) is 37.3 Å². The van der Waals surface area contributed by atoms with Crippen molar-refractivity contribution in [1.29, 1.82) is 0 Å². The van der Waals surface area contributed by atoms with Gasteiger partial charge >= 0.3 is 0 Å². The van der Waals surface area contributed by atoms with E-state index in [2.05, 4.69) is 29.5 Å². The molecular weight excluding hydrogens is 212 g/mol. The maximum Gasteiger partial charge on any atom is 0.0279 e. The standard InChI is InChI=1S/C10H18N2S2/c1-12(5-4-11)6-8-13-9-10-3-2-7-14-10/h2-3,7H,4-6,8-9,11H2,1H3. The lowest BCUT2D eigenvalue weighted by molar-refractivity contribution is 0.366. The molecule has 1 heterocycles. The summed E-state index contributed by atoms with van der Waals surface area (Å²) >= 11 is 3.83. The second kappa shape index (κ2) is 7.29. The Morgan fingerprint density at radius 3 is 3.00 bits per heavy atom. The largest absolute Gasteiger partial charge is 0.329 e. The van der Waals surface area contributed by atoms with Gasteiger partial charge in [-0.15, -0.1) is 11.3 Å². The fourth-order valence-corrected chi connectivity index (χ4v) is 3.01. The Kier molecular flexibility index (Phi) is 6.27. The molecule has 4 heteroatoms. The first-order valence-corrected chi connectivity index (χ1v) is 6.85. The van der Waals surface area contributed by atoms with E-state index in [0.29, 0.717) is 0 Å². The first-order chi connectivity index (χ1) is 6.83. The average molecular weight is 230 g/mol. The Balaban J connectivity index is 1.99. The van der Waals surface area contributed by atoms with Crippen molar-refractivity contribution in [1.82, 2.24) is 4.90 Å². The lowest BCUT2D eigenvalue weighted by atomic mass is 10.5. The van der Waals surface area contributed by atoms with E-state index < -0.39 is 0 Å². The van der Waals surface area contributed by atoms with Crippen molar-refractivity contribution < 1.29 is 0 Å². The molecule has 1 aromatic heterocycles. The Bertz CT molecular complexity index is 224. The minimum Gasteiger partial charge on any atom is -0.329 e. The molecule has 2 nitrogen and oxygen atoms in total. The van der Waals surface area contributed by atoms with E-state index in [1.165, 1.54) is 10.6 Å². The summed E-state index contributed by atoms with van der Waals surface area (Å²) < 4.78 is 0. The van der Waals surface area contributed by atoms with E-state index >= 15 is 0 Å². The van der Waals surface area contributed by atoms with Crippen LogP contribution in [0.2, 0.25) is 0 Å². The van der Waals surface area contributed by atoms with Gasteiger partial charge in [0.25, 0.3) is 0 Å². The Labute approximate surface area is 94.5 Å². The molecule has 0 fully saturated rings. The predicted octanol–water partition coefficient (Wildman–Crippen LogP) is 1.87. The third-order valence-corrected chi connectivity index (χ3v) is 4.00. The van der Waals surface area contributed by atoms with Crippen molar-refractivity contribution in [2.45, 2.75) is 5.75 Å². The number of hydrogen-bond donors (Lipinski definition) is 1. The fourth-order valence-electron chi connectivity index (χ4n) is 1.12. The third kappa shape index (κ3) is 5.00. The zero-order valence-electron chi connectivity index (χ0n) is 8.61. The maximum atomic E-state index is 5.46. The van der Waals surface area contributed by atoms with E-state index in [1.807, 2.05) is 23.1 Å². The summed E-state index contributed by atoms with van der Waals surface area (Å²) in [6.07, 6.45) is 0. The minimum absolute atomic E-state index is 0.756. The maximum absolute atomic E-state index is 5.46. The van der Waals surface area contributed by atoms with Crippen LogP contribution in [0.1, 0.15) is 4.88 Å². The molecule has 0 aliphatic rings. The van der Waals surface area contributed by atoms with Gasteiger partial charge in [0, 0.05) is 36.0 Å². The number of thioether (sulfide) groups is 1. The number of rotatable bonds is 7. The normalized spacial score (nSPS) is 11.1. The van der Waals surface area contributed by atoms with Gasteiger partial charge in [-0.1, -0.05) is 6.07 Å². The fraction of sp³-hybridized carbons (Fsp3) is 0.600. The molecule has 0 saturated heterocycles. The second-order valence-electron chi connectivity index (χ2n) is 3.22. The molecule has 0 spiro atoms. The van der Waals surface area contributed by atoms with Crippen molar-refractivity contribution in [2.24, 2.45) is 5.73 Å². The molecule has 0 unspecified atom stereocenters. The summed E-state index contributed by atoms with van der Waals surface area (Å²) in [7, 11) is 2.12. The van der Waals surface area contributed by atoms with E-state index in [9.17, 15) is 0 Å². The van der Waals surface area contributed by atoms with E-state index in [0.717, 1.165) is 25.4 Å². The molecule has 0 atom stereocenters. The summed E-state index contributed by atoms with van der Waals surface area (Å²) in [6, 6.07) is 4.31. The van der Waals surface area contributed by atoms with Crippen LogP contribution in [0.3, 0.4) is 0 Å². The predicted molar refractivity (Wildman–Crippen MR) is 67.0 cm³/mol.